The van der Waals surface area contributed by atoms with Gasteiger partial charge in [0.05, 0.1) is 13.2 Å². The van der Waals surface area contributed by atoms with E-state index in [9.17, 15) is 19.4 Å². The van der Waals surface area contributed by atoms with Gasteiger partial charge in [-0.25, -0.2) is 9.18 Å². The minimum absolute atomic E-state index is 0.0335. The van der Waals surface area contributed by atoms with Gasteiger partial charge in [0.25, 0.3) is 0 Å². The molecule has 0 aliphatic heterocycles. The zero-order valence-electron chi connectivity index (χ0n) is 10.8. The van der Waals surface area contributed by atoms with Gasteiger partial charge in [-0.2, -0.15) is 0 Å². The molecule has 0 amide bonds. The maximum absolute atomic E-state index is 13.7. The third-order valence-electron chi connectivity index (χ3n) is 2.41. The van der Waals surface area contributed by atoms with Crippen LogP contribution in [-0.2, 0) is 9.53 Å². The summed E-state index contributed by atoms with van der Waals surface area (Å²) in [5, 5.41) is 19.2. The van der Waals surface area contributed by atoms with Crippen molar-refractivity contribution in [2.24, 2.45) is 0 Å². The number of carbonyl (C=O) groups is 1. The molecule has 1 rings (SSSR count). The van der Waals surface area contributed by atoms with E-state index in [-0.39, 0.29) is 23.7 Å². The number of aliphatic hydroxyl groups excluding tert-OH is 1. The monoisotopic (exact) mass is 272 g/mol. The molecule has 0 aliphatic carbocycles. The Morgan fingerprint density at radius 2 is 2.05 bits per heavy atom. The van der Waals surface area contributed by atoms with Gasteiger partial charge in [0, 0.05) is 0 Å². The van der Waals surface area contributed by atoms with Crippen molar-refractivity contribution < 1.29 is 28.9 Å². The number of rotatable bonds is 6. The van der Waals surface area contributed by atoms with Crippen LogP contribution in [0.1, 0.15) is 25.5 Å². The summed E-state index contributed by atoms with van der Waals surface area (Å²) < 4.78 is 23.3. The first-order valence-electron chi connectivity index (χ1n) is 5.95. The van der Waals surface area contributed by atoms with Crippen molar-refractivity contribution in [3.05, 3.63) is 23.8 Å². The Hall–Kier alpha value is -1.82. The van der Waals surface area contributed by atoms with Crippen molar-refractivity contribution in [2.75, 3.05) is 13.2 Å². The van der Waals surface area contributed by atoms with Gasteiger partial charge < -0.3 is 19.7 Å². The fourth-order valence-electron chi connectivity index (χ4n) is 1.51. The maximum atomic E-state index is 13.7. The highest BCUT2D eigenvalue weighted by Gasteiger charge is 2.29. The maximum Gasteiger partial charge on any atom is 0.343 e. The molecule has 106 valence electrons. The normalized spacial score (nSPS) is 13.7. The molecule has 5 nitrogen and oxygen atoms in total. The van der Waals surface area contributed by atoms with Crippen LogP contribution in [0.15, 0.2) is 18.2 Å². The van der Waals surface area contributed by atoms with E-state index in [1.165, 1.54) is 18.2 Å². The summed E-state index contributed by atoms with van der Waals surface area (Å²) in [7, 11) is 0. The highest BCUT2D eigenvalue weighted by atomic mass is 19.1. The Kier molecular flexibility index (Phi) is 5.57. The quantitative estimate of drug-likeness (QED) is 0.771. The Morgan fingerprint density at radius 3 is 2.63 bits per heavy atom. The number of halogens is 1. The van der Waals surface area contributed by atoms with E-state index in [0.717, 1.165) is 0 Å². The van der Waals surface area contributed by atoms with E-state index in [2.05, 4.69) is 4.74 Å². The lowest BCUT2D eigenvalue weighted by atomic mass is 10.0. The van der Waals surface area contributed by atoms with Crippen molar-refractivity contribution in [2.45, 2.75) is 26.1 Å². The molecule has 0 saturated carbocycles. The number of hydrogen-bond donors (Lipinski definition) is 2. The van der Waals surface area contributed by atoms with Gasteiger partial charge in [-0.1, -0.05) is 6.07 Å². The standard InChI is InChI=1S/C13H17FO5/c1-3-18-10-7-8(5-6-9(10)15)12(16)11(14)13(17)19-4-2/h5-7,11-12,15-16H,3-4H2,1-2H3. The van der Waals surface area contributed by atoms with Crippen LogP contribution in [0.5, 0.6) is 11.5 Å². The van der Waals surface area contributed by atoms with Crippen LogP contribution in [0.2, 0.25) is 0 Å². The minimum atomic E-state index is -2.18. The number of ether oxygens (including phenoxy) is 2. The van der Waals surface area contributed by atoms with Gasteiger partial charge in [-0.05, 0) is 31.5 Å². The average Bonchev–Trinajstić information content (AvgIpc) is 2.40. The lowest BCUT2D eigenvalue weighted by Gasteiger charge is -2.16. The summed E-state index contributed by atoms with van der Waals surface area (Å²) in [6.07, 6.45) is -3.85. The molecule has 0 spiro atoms. The van der Waals surface area contributed by atoms with Crippen molar-refractivity contribution in [1.29, 1.82) is 0 Å². The van der Waals surface area contributed by atoms with Crippen molar-refractivity contribution in [1.82, 2.24) is 0 Å². The van der Waals surface area contributed by atoms with E-state index in [0.29, 0.717) is 6.61 Å². The second kappa shape index (κ2) is 6.94. The van der Waals surface area contributed by atoms with Crippen LogP contribution in [0.3, 0.4) is 0 Å². The molecular weight excluding hydrogens is 255 g/mol. The third kappa shape index (κ3) is 3.82. The van der Waals surface area contributed by atoms with E-state index in [1.807, 2.05) is 0 Å². The minimum Gasteiger partial charge on any atom is -0.504 e. The molecule has 0 saturated heterocycles. The summed E-state index contributed by atoms with van der Waals surface area (Å²) in [5.74, 6) is -1.12. The Labute approximate surface area is 110 Å². The summed E-state index contributed by atoms with van der Waals surface area (Å²) >= 11 is 0. The molecule has 1 aromatic rings. The van der Waals surface area contributed by atoms with Gasteiger partial charge >= 0.3 is 5.97 Å². The number of phenolic OH excluding ortho intramolecular Hbond substituents is 1. The van der Waals surface area contributed by atoms with Gasteiger partial charge in [-0.3, -0.25) is 0 Å². The fourth-order valence-corrected chi connectivity index (χ4v) is 1.51. The number of aromatic hydroxyl groups is 1. The van der Waals surface area contributed by atoms with E-state index < -0.39 is 18.2 Å². The topological polar surface area (TPSA) is 76.0 Å². The van der Waals surface area contributed by atoms with Crippen LogP contribution in [-0.4, -0.2) is 35.6 Å². The summed E-state index contributed by atoms with van der Waals surface area (Å²) in [6.45, 7) is 3.61. The highest BCUT2D eigenvalue weighted by Crippen LogP contribution is 2.31. The van der Waals surface area contributed by atoms with Gasteiger partial charge in [-0.15, -0.1) is 0 Å². The molecule has 0 bridgehead atoms. The van der Waals surface area contributed by atoms with Gasteiger partial charge in [0.2, 0.25) is 6.17 Å². The Bertz CT molecular complexity index is 435. The van der Waals surface area contributed by atoms with E-state index in [4.69, 9.17) is 4.74 Å². The summed E-state index contributed by atoms with van der Waals surface area (Å²) in [6, 6.07) is 3.87. The first kappa shape index (κ1) is 15.2. The van der Waals surface area contributed by atoms with Crippen LogP contribution < -0.4 is 4.74 Å². The second-order valence-electron chi connectivity index (χ2n) is 3.76. The van der Waals surface area contributed by atoms with Crippen molar-refractivity contribution in [3.63, 3.8) is 0 Å². The molecule has 0 fully saturated rings. The number of aliphatic hydroxyl groups is 1. The predicted octanol–water partition coefficient (Wildman–Crippen LogP) is 1.73. The number of alkyl halides is 1. The van der Waals surface area contributed by atoms with E-state index in [1.54, 1.807) is 13.8 Å². The van der Waals surface area contributed by atoms with Gasteiger partial charge in [0.15, 0.2) is 11.5 Å². The molecule has 19 heavy (non-hydrogen) atoms. The van der Waals surface area contributed by atoms with Crippen LogP contribution in [0, 0.1) is 0 Å². The molecule has 0 radical (unpaired) electrons. The smallest absolute Gasteiger partial charge is 0.343 e. The van der Waals surface area contributed by atoms with Crippen LogP contribution in [0.25, 0.3) is 0 Å². The first-order chi connectivity index (χ1) is 9.01. The molecule has 2 unspecified atom stereocenters. The van der Waals surface area contributed by atoms with Crippen LogP contribution >= 0.6 is 0 Å². The van der Waals surface area contributed by atoms with E-state index >= 15 is 0 Å². The molecular formula is C13H17FO5. The van der Waals surface area contributed by atoms with Crippen LogP contribution in [0.4, 0.5) is 4.39 Å². The SMILES string of the molecule is CCOC(=O)C(F)C(O)c1ccc(O)c(OCC)c1. The Morgan fingerprint density at radius 1 is 1.37 bits per heavy atom. The predicted molar refractivity (Wildman–Crippen MR) is 65.8 cm³/mol. The number of phenols is 1. The number of benzene rings is 1. The molecule has 0 aliphatic rings. The number of carbonyl (C=O) groups excluding carboxylic acids is 1. The van der Waals surface area contributed by atoms with Gasteiger partial charge in [0.1, 0.15) is 6.10 Å². The Balaban J connectivity index is 2.89. The van der Waals surface area contributed by atoms with Crippen molar-refractivity contribution >= 4 is 5.97 Å². The molecule has 2 atom stereocenters. The average molecular weight is 272 g/mol. The zero-order valence-corrected chi connectivity index (χ0v) is 10.8. The zero-order chi connectivity index (χ0) is 14.4. The highest BCUT2D eigenvalue weighted by molar-refractivity contribution is 5.75. The molecule has 1 aromatic carbocycles. The lowest BCUT2D eigenvalue weighted by Crippen LogP contribution is -2.26. The summed E-state index contributed by atoms with van der Waals surface area (Å²) in [5.41, 5.74) is 0.127. The third-order valence-corrected chi connectivity index (χ3v) is 2.41. The fraction of sp³-hybridized carbons (Fsp3) is 0.462. The second-order valence-corrected chi connectivity index (χ2v) is 3.76. The first-order valence-corrected chi connectivity index (χ1v) is 5.95. The molecule has 0 aromatic heterocycles. The summed E-state index contributed by atoms with van der Waals surface area (Å²) in [4.78, 5) is 11.2. The number of hydrogen-bond acceptors (Lipinski definition) is 5. The molecule has 6 heteroatoms. The molecule has 2 N–H and O–H groups in total. The number of esters is 1. The molecule has 0 heterocycles. The van der Waals surface area contributed by atoms with Crippen molar-refractivity contribution in [3.8, 4) is 11.5 Å². The lowest BCUT2D eigenvalue weighted by molar-refractivity contribution is -0.153. The largest absolute Gasteiger partial charge is 0.504 e.